The van der Waals surface area contributed by atoms with Gasteiger partial charge in [0.05, 0.1) is 17.3 Å². The maximum absolute atomic E-state index is 12.2. The van der Waals surface area contributed by atoms with Gasteiger partial charge in [0.2, 0.25) is 0 Å². The van der Waals surface area contributed by atoms with Crippen LogP contribution in [0.1, 0.15) is 5.56 Å². The van der Waals surface area contributed by atoms with E-state index in [9.17, 15) is 4.21 Å². The average molecular weight is 374 g/mol. The third kappa shape index (κ3) is 6.52. The van der Waals surface area contributed by atoms with E-state index in [1.165, 1.54) is 5.56 Å². The van der Waals surface area contributed by atoms with Crippen molar-refractivity contribution >= 4 is 16.8 Å². The van der Waals surface area contributed by atoms with E-state index in [1.54, 1.807) is 7.05 Å². The average Bonchev–Trinajstić information content (AvgIpc) is 2.67. The first-order chi connectivity index (χ1) is 12.6. The molecule has 0 saturated heterocycles. The lowest BCUT2D eigenvalue weighted by molar-refractivity contribution is 0.281. The second kappa shape index (κ2) is 10.6. The van der Waals surface area contributed by atoms with Gasteiger partial charge in [-0.3, -0.25) is 9.20 Å². The first kappa shape index (κ1) is 20.0. The van der Waals surface area contributed by atoms with Gasteiger partial charge >= 0.3 is 0 Å². The van der Waals surface area contributed by atoms with Gasteiger partial charge in [-0.1, -0.05) is 35.9 Å². The van der Waals surface area contributed by atoms with E-state index in [0.29, 0.717) is 25.4 Å². The monoisotopic (exact) mass is 373 g/mol. The van der Waals surface area contributed by atoms with E-state index in [1.807, 2.05) is 66.5 Å². The number of benzene rings is 2. The Morgan fingerprint density at radius 2 is 1.85 bits per heavy atom. The summed E-state index contributed by atoms with van der Waals surface area (Å²) in [6.45, 7) is 3.92. The van der Waals surface area contributed by atoms with Crippen LogP contribution in [0.25, 0.3) is 0 Å². The molecule has 0 aliphatic rings. The molecule has 2 rings (SSSR count). The summed E-state index contributed by atoms with van der Waals surface area (Å²) in [6, 6.07) is 17.5. The highest BCUT2D eigenvalue weighted by Crippen LogP contribution is 2.11. The van der Waals surface area contributed by atoms with Crippen molar-refractivity contribution in [2.75, 3.05) is 39.5 Å². The van der Waals surface area contributed by atoms with Crippen LogP contribution in [0.3, 0.4) is 0 Å². The Morgan fingerprint density at radius 1 is 1.15 bits per heavy atom. The second-order valence-electron chi connectivity index (χ2n) is 5.92. The second-order valence-corrected chi connectivity index (χ2v) is 7.49. The van der Waals surface area contributed by atoms with E-state index in [-0.39, 0.29) is 0 Å². The Hall–Kier alpha value is -2.34. The smallest absolute Gasteiger partial charge is 0.193 e. The van der Waals surface area contributed by atoms with Gasteiger partial charge in [-0.05, 0) is 31.2 Å². The molecular formula is C20H27N3O2S. The zero-order chi connectivity index (χ0) is 18.8. The number of guanidine groups is 1. The molecule has 0 heterocycles. The molecule has 0 spiro atoms. The number of nitrogens with one attached hydrogen (secondary N) is 1. The number of aryl methyl sites for hydroxylation is 1. The van der Waals surface area contributed by atoms with Gasteiger partial charge in [-0.15, -0.1) is 0 Å². The Morgan fingerprint density at radius 3 is 2.50 bits per heavy atom. The van der Waals surface area contributed by atoms with Crippen LogP contribution in [0.2, 0.25) is 0 Å². The van der Waals surface area contributed by atoms with Crippen LogP contribution in [-0.4, -0.2) is 54.6 Å². The van der Waals surface area contributed by atoms with Crippen LogP contribution in [0.15, 0.2) is 64.5 Å². The van der Waals surface area contributed by atoms with Crippen molar-refractivity contribution in [3.05, 3.63) is 60.2 Å². The van der Waals surface area contributed by atoms with Crippen LogP contribution >= 0.6 is 0 Å². The highest BCUT2D eigenvalue weighted by Gasteiger charge is 2.07. The van der Waals surface area contributed by atoms with Gasteiger partial charge in [0.15, 0.2) is 5.96 Å². The molecule has 0 aliphatic carbocycles. The Labute approximate surface area is 158 Å². The molecule has 0 radical (unpaired) electrons. The number of aliphatic imine (C=N–C) groups is 1. The van der Waals surface area contributed by atoms with Gasteiger partial charge in [0, 0.05) is 31.3 Å². The normalized spacial score (nSPS) is 12.5. The number of likely N-dealkylation sites (N-methyl/N-ethyl adjacent to an activating group) is 1. The summed E-state index contributed by atoms with van der Waals surface area (Å²) >= 11 is 0. The predicted molar refractivity (Wildman–Crippen MR) is 108 cm³/mol. The SMILES string of the molecule is CN=C(NCCS(=O)c1ccccc1)N(C)CCOc1ccc(C)cc1. The third-order valence-corrected chi connectivity index (χ3v) is 5.24. The van der Waals surface area contributed by atoms with E-state index in [2.05, 4.69) is 17.2 Å². The third-order valence-electron chi connectivity index (χ3n) is 3.87. The fourth-order valence-corrected chi connectivity index (χ4v) is 3.36. The topological polar surface area (TPSA) is 53.9 Å². The standard InChI is InChI=1S/C20H27N3O2S/c1-17-9-11-18(12-10-17)25-15-14-23(3)20(21-2)22-13-16-26(24)19-7-5-4-6-8-19/h4-12H,13-16H2,1-3H3,(H,21,22). The first-order valence-corrected chi connectivity index (χ1v) is 9.96. The molecule has 0 aromatic heterocycles. The van der Waals surface area contributed by atoms with Crippen molar-refractivity contribution in [1.82, 2.24) is 10.2 Å². The van der Waals surface area contributed by atoms with Crippen molar-refractivity contribution in [2.45, 2.75) is 11.8 Å². The zero-order valence-electron chi connectivity index (χ0n) is 15.6. The molecule has 5 nitrogen and oxygen atoms in total. The Balaban J connectivity index is 1.71. The minimum atomic E-state index is -1.01. The van der Waals surface area contributed by atoms with Crippen molar-refractivity contribution < 1.29 is 8.95 Å². The van der Waals surface area contributed by atoms with Gasteiger partial charge in [-0.2, -0.15) is 0 Å². The lowest BCUT2D eigenvalue weighted by atomic mass is 10.2. The van der Waals surface area contributed by atoms with Crippen molar-refractivity contribution in [3.8, 4) is 5.75 Å². The fraction of sp³-hybridized carbons (Fsp3) is 0.350. The lowest BCUT2D eigenvalue weighted by Crippen LogP contribution is -2.42. The summed E-state index contributed by atoms with van der Waals surface area (Å²) in [4.78, 5) is 7.12. The molecular weight excluding hydrogens is 346 g/mol. The van der Waals surface area contributed by atoms with Crippen molar-refractivity contribution in [2.24, 2.45) is 4.99 Å². The van der Waals surface area contributed by atoms with Gasteiger partial charge in [0.1, 0.15) is 12.4 Å². The van der Waals surface area contributed by atoms with Crippen LogP contribution in [0, 0.1) is 6.92 Å². The van der Waals surface area contributed by atoms with Crippen LogP contribution < -0.4 is 10.1 Å². The van der Waals surface area contributed by atoms with Gasteiger partial charge in [-0.25, -0.2) is 0 Å². The lowest BCUT2D eigenvalue weighted by Gasteiger charge is -2.22. The molecule has 0 fully saturated rings. The zero-order valence-corrected chi connectivity index (χ0v) is 16.5. The van der Waals surface area contributed by atoms with E-state index >= 15 is 0 Å². The van der Waals surface area contributed by atoms with Gasteiger partial charge in [0.25, 0.3) is 0 Å². The number of rotatable bonds is 8. The maximum atomic E-state index is 12.2. The maximum Gasteiger partial charge on any atom is 0.193 e. The predicted octanol–water partition coefficient (Wildman–Crippen LogP) is 2.69. The fourth-order valence-electron chi connectivity index (χ4n) is 2.37. The largest absolute Gasteiger partial charge is 0.492 e. The molecule has 2 aromatic carbocycles. The highest BCUT2D eigenvalue weighted by molar-refractivity contribution is 7.85. The molecule has 0 saturated carbocycles. The molecule has 0 aliphatic heterocycles. The molecule has 0 amide bonds. The molecule has 1 unspecified atom stereocenters. The van der Waals surface area contributed by atoms with E-state index in [0.717, 1.165) is 16.6 Å². The van der Waals surface area contributed by atoms with Gasteiger partial charge < -0.3 is 15.0 Å². The van der Waals surface area contributed by atoms with E-state index in [4.69, 9.17) is 4.74 Å². The number of hydrogen-bond acceptors (Lipinski definition) is 3. The van der Waals surface area contributed by atoms with Crippen LogP contribution in [0.4, 0.5) is 0 Å². The van der Waals surface area contributed by atoms with Crippen LogP contribution in [0.5, 0.6) is 5.75 Å². The van der Waals surface area contributed by atoms with Crippen molar-refractivity contribution in [3.63, 3.8) is 0 Å². The Kier molecular flexibility index (Phi) is 8.15. The molecule has 26 heavy (non-hydrogen) atoms. The summed E-state index contributed by atoms with van der Waals surface area (Å²) < 4.78 is 18.0. The molecule has 140 valence electrons. The number of nitrogens with zero attached hydrogens (tertiary/aromatic N) is 2. The minimum Gasteiger partial charge on any atom is -0.492 e. The molecule has 6 heteroatoms. The highest BCUT2D eigenvalue weighted by atomic mass is 32.2. The molecule has 1 atom stereocenters. The summed E-state index contributed by atoms with van der Waals surface area (Å²) in [5.41, 5.74) is 1.21. The summed E-state index contributed by atoms with van der Waals surface area (Å²) in [5, 5.41) is 3.25. The molecule has 1 N–H and O–H groups in total. The van der Waals surface area contributed by atoms with E-state index < -0.39 is 10.8 Å². The molecule has 0 bridgehead atoms. The molecule has 2 aromatic rings. The summed E-state index contributed by atoms with van der Waals surface area (Å²) in [6.07, 6.45) is 0. The summed E-state index contributed by atoms with van der Waals surface area (Å²) in [5.74, 6) is 2.17. The minimum absolute atomic E-state index is 0.538. The Bertz CT molecular complexity index is 718. The quantitative estimate of drug-likeness (QED) is 0.571. The summed E-state index contributed by atoms with van der Waals surface area (Å²) in [7, 11) is 2.70. The first-order valence-electron chi connectivity index (χ1n) is 8.65. The van der Waals surface area contributed by atoms with Crippen molar-refractivity contribution in [1.29, 1.82) is 0 Å². The number of ether oxygens (including phenoxy) is 1. The number of hydrogen-bond donors (Lipinski definition) is 1. The van der Waals surface area contributed by atoms with Crippen LogP contribution in [-0.2, 0) is 10.8 Å².